The lowest BCUT2D eigenvalue weighted by atomic mass is 10.1. The van der Waals surface area contributed by atoms with E-state index in [1.165, 1.54) is 31.2 Å². The van der Waals surface area contributed by atoms with Crippen molar-refractivity contribution in [3.8, 4) is 0 Å². The second kappa shape index (κ2) is 8.81. The van der Waals surface area contributed by atoms with Crippen molar-refractivity contribution in [1.29, 1.82) is 0 Å². The Bertz CT molecular complexity index is 373. The molecule has 1 aliphatic carbocycles. The summed E-state index contributed by atoms with van der Waals surface area (Å²) in [7, 11) is 0. The highest BCUT2D eigenvalue weighted by molar-refractivity contribution is 9.10. The molecule has 1 unspecified atom stereocenters. The molecule has 2 nitrogen and oxygen atoms in total. The van der Waals surface area contributed by atoms with Crippen molar-refractivity contribution in [3.05, 3.63) is 34.3 Å². The Balaban J connectivity index is 1.90. The van der Waals surface area contributed by atoms with Gasteiger partial charge < -0.3 is 10.1 Å². The van der Waals surface area contributed by atoms with Gasteiger partial charge in [0.1, 0.15) is 0 Å². The third kappa shape index (κ3) is 5.19. The molecule has 0 bridgehead atoms. The number of nitrogens with one attached hydrogen (secondary N) is 1. The Morgan fingerprint density at radius 3 is 2.60 bits per heavy atom. The van der Waals surface area contributed by atoms with Crippen molar-refractivity contribution in [2.24, 2.45) is 5.92 Å². The van der Waals surface area contributed by atoms with Crippen LogP contribution >= 0.6 is 15.9 Å². The van der Waals surface area contributed by atoms with Crippen molar-refractivity contribution < 1.29 is 4.74 Å². The molecular formula is C17H26BrNO. The normalized spacial score (nSPS) is 17.5. The number of rotatable bonds is 8. The fourth-order valence-corrected chi connectivity index (χ4v) is 3.05. The summed E-state index contributed by atoms with van der Waals surface area (Å²) in [4.78, 5) is 0. The van der Waals surface area contributed by atoms with Gasteiger partial charge in [0.15, 0.2) is 0 Å². The van der Waals surface area contributed by atoms with E-state index in [0.29, 0.717) is 0 Å². The van der Waals surface area contributed by atoms with Crippen LogP contribution in [0.25, 0.3) is 0 Å². The van der Waals surface area contributed by atoms with Gasteiger partial charge in [-0.1, -0.05) is 47.8 Å². The average Bonchev–Trinajstić information content (AvgIpc) is 2.97. The van der Waals surface area contributed by atoms with E-state index in [2.05, 4.69) is 52.4 Å². The van der Waals surface area contributed by atoms with Gasteiger partial charge in [0.05, 0.1) is 12.7 Å². The predicted octanol–water partition coefficient (Wildman–Crippen LogP) is 4.70. The summed E-state index contributed by atoms with van der Waals surface area (Å²) in [5.41, 5.74) is 1.27. The van der Waals surface area contributed by atoms with E-state index in [1.807, 2.05) is 0 Å². The highest BCUT2D eigenvalue weighted by Gasteiger charge is 2.18. The van der Waals surface area contributed by atoms with Crippen LogP contribution in [0.4, 0.5) is 0 Å². The molecule has 1 saturated carbocycles. The highest BCUT2D eigenvalue weighted by atomic mass is 79.9. The van der Waals surface area contributed by atoms with Crippen LogP contribution in [0.2, 0.25) is 0 Å². The minimum Gasteiger partial charge on any atom is -0.372 e. The largest absolute Gasteiger partial charge is 0.372 e. The second-order valence-electron chi connectivity index (χ2n) is 5.73. The number of hydrogen-bond acceptors (Lipinski definition) is 2. The number of benzene rings is 1. The van der Waals surface area contributed by atoms with Crippen LogP contribution < -0.4 is 5.32 Å². The maximum absolute atomic E-state index is 6.22. The zero-order valence-corrected chi connectivity index (χ0v) is 14.0. The summed E-state index contributed by atoms with van der Waals surface area (Å²) >= 11 is 3.49. The Hall–Kier alpha value is -0.380. The van der Waals surface area contributed by atoms with Gasteiger partial charge in [-0.05, 0) is 49.4 Å². The van der Waals surface area contributed by atoms with Gasteiger partial charge in [0.25, 0.3) is 0 Å². The van der Waals surface area contributed by atoms with E-state index >= 15 is 0 Å². The molecule has 1 N–H and O–H groups in total. The third-order valence-corrected chi connectivity index (χ3v) is 4.53. The topological polar surface area (TPSA) is 21.3 Å². The minimum absolute atomic E-state index is 0.176. The lowest BCUT2D eigenvalue weighted by molar-refractivity contribution is 0.0296. The zero-order valence-electron chi connectivity index (χ0n) is 12.4. The fraction of sp³-hybridized carbons (Fsp3) is 0.647. The summed E-state index contributed by atoms with van der Waals surface area (Å²) < 4.78 is 7.34. The van der Waals surface area contributed by atoms with Crippen molar-refractivity contribution >= 4 is 15.9 Å². The van der Waals surface area contributed by atoms with E-state index in [-0.39, 0.29) is 6.10 Å². The molecule has 0 aromatic heterocycles. The molecule has 0 aliphatic heterocycles. The fourth-order valence-electron chi connectivity index (χ4n) is 2.79. The summed E-state index contributed by atoms with van der Waals surface area (Å²) in [5, 5.41) is 3.49. The van der Waals surface area contributed by atoms with E-state index in [4.69, 9.17) is 4.74 Å². The Kier molecular flexibility index (Phi) is 7.05. The first-order valence-electron chi connectivity index (χ1n) is 7.87. The molecule has 0 heterocycles. The van der Waals surface area contributed by atoms with E-state index < -0.39 is 0 Å². The molecule has 1 aromatic carbocycles. The maximum atomic E-state index is 6.22. The molecule has 20 heavy (non-hydrogen) atoms. The van der Waals surface area contributed by atoms with Gasteiger partial charge in [-0.3, -0.25) is 0 Å². The summed E-state index contributed by atoms with van der Waals surface area (Å²) in [6.07, 6.45) is 6.78. The molecule has 0 spiro atoms. The first kappa shape index (κ1) is 16.0. The summed E-state index contributed by atoms with van der Waals surface area (Å²) in [6.45, 7) is 5.07. The number of halogens is 1. The van der Waals surface area contributed by atoms with Crippen LogP contribution in [0, 0.1) is 5.92 Å². The molecule has 0 radical (unpaired) electrons. The number of ether oxygens (including phenoxy) is 1. The van der Waals surface area contributed by atoms with Gasteiger partial charge in [-0.15, -0.1) is 0 Å². The number of hydrogen-bond donors (Lipinski definition) is 1. The van der Waals surface area contributed by atoms with Crippen LogP contribution in [-0.2, 0) is 4.74 Å². The highest BCUT2D eigenvalue weighted by Crippen LogP contribution is 2.27. The molecular weight excluding hydrogens is 314 g/mol. The van der Waals surface area contributed by atoms with E-state index in [9.17, 15) is 0 Å². The van der Waals surface area contributed by atoms with Crippen molar-refractivity contribution in [2.45, 2.75) is 45.1 Å². The maximum Gasteiger partial charge on any atom is 0.0949 e. The SMILES string of the molecule is CCCNCC(OCC1CCCC1)c1ccc(Br)cc1. The molecule has 1 fully saturated rings. The predicted molar refractivity (Wildman–Crippen MR) is 88.0 cm³/mol. The lowest BCUT2D eigenvalue weighted by Gasteiger charge is -2.21. The third-order valence-electron chi connectivity index (χ3n) is 4.01. The Morgan fingerprint density at radius 2 is 1.95 bits per heavy atom. The zero-order chi connectivity index (χ0) is 14.2. The molecule has 1 atom stereocenters. The standard InChI is InChI=1S/C17H26BrNO/c1-2-11-19-12-17(15-7-9-16(18)10-8-15)20-13-14-5-3-4-6-14/h7-10,14,17,19H,2-6,11-13H2,1H3. The Morgan fingerprint density at radius 1 is 1.25 bits per heavy atom. The van der Waals surface area contributed by atoms with Crippen LogP contribution in [0.1, 0.15) is 50.7 Å². The molecule has 0 saturated heterocycles. The van der Waals surface area contributed by atoms with Crippen molar-refractivity contribution in [1.82, 2.24) is 5.32 Å². The van der Waals surface area contributed by atoms with Gasteiger partial charge in [0, 0.05) is 11.0 Å². The van der Waals surface area contributed by atoms with Gasteiger partial charge in [-0.25, -0.2) is 0 Å². The molecule has 0 amide bonds. The summed E-state index contributed by atoms with van der Waals surface area (Å²) in [5.74, 6) is 0.777. The Labute approximate surface area is 131 Å². The quantitative estimate of drug-likeness (QED) is 0.693. The van der Waals surface area contributed by atoms with Gasteiger partial charge in [0.2, 0.25) is 0 Å². The van der Waals surface area contributed by atoms with E-state index in [1.54, 1.807) is 0 Å². The smallest absolute Gasteiger partial charge is 0.0949 e. The molecule has 2 rings (SSSR count). The van der Waals surface area contributed by atoms with Crippen LogP contribution in [0.15, 0.2) is 28.7 Å². The van der Waals surface area contributed by atoms with Crippen LogP contribution in [0.3, 0.4) is 0 Å². The van der Waals surface area contributed by atoms with Crippen LogP contribution in [-0.4, -0.2) is 19.7 Å². The monoisotopic (exact) mass is 339 g/mol. The van der Waals surface area contributed by atoms with Gasteiger partial charge >= 0.3 is 0 Å². The van der Waals surface area contributed by atoms with Gasteiger partial charge in [-0.2, -0.15) is 0 Å². The first-order valence-corrected chi connectivity index (χ1v) is 8.66. The van der Waals surface area contributed by atoms with E-state index in [0.717, 1.165) is 36.5 Å². The summed E-state index contributed by atoms with van der Waals surface area (Å²) in [6, 6.07) is 8.52. The van der Waals surface area contributed by atoms with Crippen LogP contribution in [0.5, 0.6) is 0 Å². The molecule has 3 heteroatoms. The van der Waals surface area contributed by atoms with Crippen molar-refractivity contribution in [2.75, 3.05) is 19.7 Å². The average molecular weight is 340 g/mol. The molecule has 112 valence electrons. The first-order chi connectivity index (χ1) is 9.79. The lowest BCUT2D eigenvalue weighted by Crippen LogP contribution is -2.25. The minimum atomic E-state index is 0.176. The second-order valence-corrected chi connectivity index (χ2v) is 6.64. The van der Waals surface area contributed by atoms with Crippen molar-refractivity contribution in [3.63, 3.8) is 0 Å². The molecule has 1 aliphatic rings. The molecule has 1 aromatic rings.